The van der Waals surface area contributed by atoms with E-state index in [0.29, 0.717) is 30.2 Å². The molecule has 3 N–H and O–H groups in total. The fourth-order valence-corrected chi connectivity index (χ4v) is 3.66. The fraction of sp³-hybridized carbons (Fsp3) is 0.444. The van der Waals surface area contributed by atoms with Crippen molar-refractivity contribution in [3.05, 3.63) is 39.9 Å². The second kappa shape index (κ2) is 5.56. The number of aromatic nitrogens is 1. The van der Waals surface area contributed by atoms with Gasteiger partial charge in [-0.05, 0) is 38.4 Å². The molecule has 6 nitrogen and oxygen atoms in total. The third-order valence-electron chi connectivity index (χ3n) is 5.49. The van der Waals surface area contributed by atoms with Crippen molar-refractivity contribution in [1.29, 1.82) is 0 Å². The van der Waals surface area contributed by atoms with Gasteiger partial charge in [0.1, 0.15) is 11.4 Å². The van der Waals surface area contributed by atoms with E-state index in [2.05, 4.69) is 0 Å². The molecule has 4 rings (SSSR count). The second-order valence-corrected chi connectivity index (χ2v) is 7.03. The zero-order valence-corrected chi connectivity index (χ0v) is 13.9. The molecule has 2 aromatic rings. The molecule has 2 aliphatic rings. The molecule has 2 atom stereocenters. The lowest BCUT2D eigenvalue weighted by atomic mass is 9.89. The van der Waals surface area contributed by atoms with Gasteiger partial charge in [0.15, 0.2) is 0 Å². The van der Waals surface area contributed by atoms with Crippen molar-refractivity contribution < 1.29 is 14.3 Å². The van der Waals surface area contributed by atoms with Crippen LogP contribution >= 0.6 is 0 Å². The highest BCUT2D eigenvalue weighted by Gasteiger charge is 2.36. The highest BCUT2D eigenvalue weighted by molar-refractivity contribution is 5.93. The third-order valence-corrected chi connectivity index (χ3v) is 5.49. The summed E-state index contributed by atoms with van der Waals surface area (Å²) in [5.74, 6) is -1.46. The van der Waals surface area contributed by atoms with Crippen molar-refractivity contribution in [3.8, 4) is 0 Å². The van der Waals surface area contributed by atoms with Crippen LogP contribution in [0.3, 0.4) is 0 Å². The van der Waals surface area contributed by atoms with E-state index < -0.39 is 17.2 Å². The van der Waals surface area contributed by atoms with E-state index in [1.165, 1.54) is 12.3 Å². The summed E-state index contributed by atoms with van der Waals surface area (Å²) in [6, 6.07) is 3.17. The summed E-state index contributed by atoms with van der Waals surface area (Å²) in [5.41, 5.74) is 5.80. The largest absolute Gasteiger partial charge is 0.477 e. The summed E-state index contributed by atoms with van der Waals surface area (Å²) in [6.45, 7) is 3.24. The van der Waals surface area contributed by atoms with Gasteiger partial charge in [0.2, 0.25) is 5.43 Å². The maximum absolute atomic E-state index is 14.7. The van der Waals surface area contributed by atoms with Gasteiger partial charge in [-0.2, -0.15) is 0 Å². The Hall–Kier alpha value is -2.41. The molecule has 1 aromatic heterocycles. The number of carboxylic acid groups (broad SMARTS) is 1. The van der Waals surface area contributed by atoms with Gasteiger partial charge in [-0.15, -0.1) is 0 Å². The Kier molecular flexibility index (Phi) is 3.57. The molecule has 0 spiro atoms. The number of carbonyl (C=O) groups is 1. The first-order valence-electron chi connectivity index (χ1n) is 8.50. The van der Waals surface area contributed by atoms with E-state index in [9.17, 15) is 19.1 Å². The molecule has 1 saturated carbocycles. The molecule has 0 amide bonds. The average molecular weight is 345 g/mol. The van der Waals surface area contributed by atoms with Gasteiger partial charge in [-0.25, -0.2) is 9.18 Å². The minimum Gasteiger partial charge on any atom is -0.477 e. The third kappa shape index (κ3) is 2.41. The van der Waals surface area contributed by atoms with Crippen molar-refractivity contribution in [2.75, 3.05) is 18.0 Å². The number of benzene rings is 1. The highest BCUT2D eigenvalue weighted by Crippen LogP contribution is 2.39. The molecular formula is C18H20FN3O3. The van der Waals surface area contributed by atoms with Crippen molar-refractivity contribution in [1.82, 2.24) is 4.57 Å². The molecule has 0 bridgehead atoms. The number of nitrogens with two attached hydrogens (primary N) is 1. The number of anilines is 1. The lowest BCUT2D eigenvalue weighted by molar-refractivity contribution is 0.0695. The number of aromatic carboxylic acids is 1. The zero-order valence-electron chi connectivity index (χ0n) is 13.9. The lowest BCUT2D eigenvalue weighted by Gasteiger charge is -2.47. The molecule has 2 heterocycles. The first-order valence-corrected chi connectivity index (χ1v) is 8.50. The predicted octanol–water partition coefficient (Wildman–Crippen LogP) is 1.96. The summed E-state index contributed by atoms with van der Waals surface area (Å²) in [6.07, 6.45) is 3.26. The molecule has 132 valence electrons. The van der Waals surface area contributed by atoms with Crippen LogP contribution in [0, 0.1) is 11.7 Å². The van der Waals surface area contributed by atoms with Crippen LogP contribution in [0.5, 0.6) is 0 Å². The number of carboxylic acids is 1. The number of fused-ring (bicyclic) bond motifs is 1. The van der Waals surface area contributed by atoms with Crippen LogP contribution in [0.15, 0.2) is 23.1 Å². The number of rotatable bonds is 4. The molecule has 0 radical (unpaired) electrons. The normalized spacial score (nSPS) is 22.9. The Morgan fingerprint density at radius 3 is 2.68 bits per heavy atom. The first-order chi connectivity index (χ1) is 11.9. The van der Waals surface area contributed by atoms with Gasteiger partial charge in [0.05, 0.1) is 11.2 Å². The zero-order chi connectivity index (χ0) is 17.9. The van der Waals surface area contributed by atoms with Crippen LogP contribution in [-0.2, 0) is 0 Å². The fourth-order valence-electron chi connectivity index (χ4n) is 3.66. The minimum absolute atomic E-state index is 0.122. The maximum atomic E-state index is 14.7. The molecule has 25 heavy (non-hydrogen) atoms. The molecular weight excluding hydrogens is 325 g/mol. The van der Waals surface area contributed by atoms with Gasteiger partial charge < -0.3 is 20.3 Å². The van der Waals surface area contributed by atoms with Crippen molar-refractivity contribution >= 4 is 22.6 Å². The van der Waals surface area contributed by atoms with Crippen LogP contribution in [-0.4, -0.2) is 34.8 Å². The molecule has 0 unspecified atom stereocenters. The lowest BCUT2D eigenvalue weighted by Crippen LogP contribution is -2.57. The monoisotopic (exact) mass is 345 g/mol. The predicted molar refractivity (Wildman–Crippen MR) is 92.7 cm³/mol. The van der Waals surface area contributed by atoms with Gasteiger partial charge in [0.25, 0.3) is 0 Å². The Morgan fingerprint density at radius 1 is 1.40 bits per heavy atom. The van der Waals surface area contributed by atoms with Crippen LogP contribution < -0.4 is 16.1 Å². The number of halogens is 1. The van der Waals surface area contributed by atoms with E-state index in [1.807, 2.05) is 16.4 Å². The summed E-state index contributed by atoms with van der Waals surface area (Å²) in [5, 5.41) is 9.40. The standard InChI is InChI=1S/C18H20FN3O3/c1-9-10(6-20)7-21(9)16-5-15-12(4-14(16)19)17(23)13(18(24)25)8-22(15)11-2-3-11/h4-5,8-11H,2-3,6-7,20H2,1H3,(H,24,25)/t9-,10+/m1/s1. The molecule has 1 aromatic carbocycles. The van der Waals surface area contributed by atoms with E-state index >= 15 is 0 Å². The Morgan fingerprint density at radius 2 is 2.12 bits per heavy atom. The quantitative estimate of drug-likeness (QED) is 0.884. The summed E-state index contributed by atoms with van der Waals surface area (Å²) in [7, 11) is 0. The van der Waals surface area contributed by atoms with E-state index in [1.54, 1.807) is 6.07 Å². The smallest absolute Gasteiger partial charge is 0.341 e. The number of hydrogen-bond donors (Lipinski definition) is 2. The van der Waals surface area contributed by atoms with E-state index in [-0.39, 0.29) is 23.0 Å². The topological polar surface area (TPSA) is 88.6 Å². The number of pyridine rings is 1. The summed E-state index contributed by atoms with van der Waals surface area (Å²) >= 11 is 0. The summed E-state index contributed by atoms with van der Waals surface area (Å²) in [4.78, 5) is 25.8. The molecule has 1 saturated heterocycles. The Balaban J connectivity index is 1.90. The van der Waals surface area contributed by atoms with E-state index in [4.69, 9.17) is 5.73 Å². The Bertz CT molecular complexity index is 935. The van der Waals surface area contributed by atoms with Crippen LogP contribution in [0.1, 0.15) is 36.2 Å². The number of nitrogens with zero attached hydrogens (tertiary/aromatic N) is 2. The SMILES string of the molecule is C[C@@H]1[C@@H](CN)CN1c1cc2c(cc1F)c(=O)c(C(=O)O)cn2C1CC1. The molecule has 2 fully saturated rings. The second-order valence-electron chi connectivity index (χ2n) is 7.03. The van der Waals surface area contributed by atoms with Crippen molar-refractivity contribution in [2.24, 2.45) is 11.7 Å². The maximum Gasteiger partial charge on any atom is 0.341 e. The van der Waals surface area contributed by atoms with Crippen LogP contribution in [0.25, 0.3) is 10.9 Å². The van der Waals surface area contributed by atoms with Crippen molar-refractivity contribution in [2.45, 2.75) is 31.8 Å². The van der Waals surface area contributed by atoms with Crippen LogP contribution in [0.4, 0.5) is 10.1 Å². The summed E-state index contributed by atoms with van der Waals surface area (Å²) < 4.78 is 16.5. The molecule has 1 aliphatic carbocycles. The minimum atomic E-state index is -1.28. The average Bonchev–Trinajstić information content (AvgIpc) is 3.40. The van der Waals surface area contributed by atoms with Gasteiger partial charge in [-0.3, -0.25) is 4.79 Å². The van der Waals surface area contributed by atoms with Gasteiger partial charge in [0, 0.05) is 36.1 Å². The highest BCUT2D eigenvalue weighted by atomic mass is 19.1. The van der Waals surface area contributed by atoms with Crippen LogP contribution in [0.2, 0.25) is 0 Å². The molecule has 7 heteroatoms. The van der Waals surface area contributed by atoms with Gasteiger partial charge in [-0.1, -0.05) is 0 Å². The van der Waals surface area contributed by atoms with Gasteiger partial charge >= 0.3 is 5.97 Å². The van der Waals surface area contributed by atoms with Crippen molar-refractivity contribution in [3.63, 3.8) is 0 Å². The van der Waals surface area contributed by atoms with E-state index in [0.717, 1.165) is 12.8 Å². The Labute approximate surface area is 143 Å². The number of hydrogen-bond acceptors (Lipinski definition) is 4. The molecule has 1 aliphatic heterocycles. The first kappa shape index (κ1) is 16.1.